The van der Waals surface area contributed by atoms with Gasteiger partial charge in [-0.3, -0.25) is 14.5 Å². The van der Waals surface area contributed by atoms with Crippen molar-refractivity contribution >= 4 is 17.0 Å². The second-order valence-corrected chi connectivity index (χ2v) is 9.21. The lowest BCUT2D eigenvalue weighted by molar-refractivity contribution is 0.0393. The van der Waals surface area contributed by atoms with Gasteiger partial charge < -0.3 is 15.1 Å². The Morgan fingerprint density at radius 3 is 2.62 bits per heavy atom. The molecular weight excluding hydrogens is 548 g/mol. The molecule has 0 fully saturated rings. The van der Waals surface area contributed by atoms with Crippen LogP contribution in [0, 0.1) is 0 Å². The van der Waals surface area contributed by atoms with Crippen molar-refractivity contribution in [3.63, 3.8) is 0 Å². The van der Waals surface area contributed by atoms with Crippen LogP contribution in [0.3, 0.4) is 0 Å². The number of hydrogen-bond donors (Lipinski definition) is 2. The quantitative estimate of drug-likeness (QED) is 0.234. The maximum absolute atomic E-state index is 13.0. The molecule has 6 rings (SSSR count). The predicted octanol–water partition coefficient (Wildman–Crippen LogP) is 3.18. The number of carbonyl (C=O) groups is 1. The van der Waals surface area contributed by atoms with Crippen molar-refractivity contribution in [2.45, 2.75) is 12.6 Å². The summed E-state index contributed by atoms with van der Waals surface area (Å²) in [6, 6.07) is 17.3. The molecule has 0 bridgehead atoms. The Hall–Kier alpha value is -5.44. The van der Waals surface area contributed by atoms with E-state index in [1.54, 1.807) is 23.9 Å². The Kier molecular flexibility index (Phi) is 7.38. The summed E-state index contributed by atoms with van der Waals surface area (Å²) in [6.45, 7) is -2.40. The van der Waals surface area contributed by atoms with Crippen molar-refractivity contribution in [1.29, 1.82) is 0 Å². The number of pyridine rings is 1. The summed E-state index contributed by atoms with van der Waals surface area (Å²) < 4.78 is 33.5. The average molecular weight is 572 g/mol. The molecular formula is C27H23F2N11O2. The van der Waals surface area contributed by atoms with Gasteiger partial charge in [0, 0.05) is 37.5 Å². The standard InChI is InChI=1S/C27H23F2N11O2/c1-39-15-21(34-37-39)17-7-8-22-19(13-17)33-26(42-22)18-9-10-30-20(14-18)25(41)32-12-11-31-23(16-5-3-2-4-6-16)24-35-38-40(36-24)27(28)29/h2-10,13-15,23,27,31H,11-12H2,1H3,(H,32,41). The first-order chi connectivity index (χ1) is 20.4. The number of hydrogen-bond acceptors (Lipinski definition) is 10. The smallest absolute Gasteiger partial charge is 0.350 e. The Labute approximate surface area is 236 Å². The summed E-state index contributed by atoms with van der Waals surface area (Å²) in [7, 11) is 1.79. The number of fused-ring (bicyclic) bond motifs is 1. The van der Waals surface area contributed by atoms with Crippen LogP contribution in [-0.2, 0) is 7.05 Å². The minimum Gasteiger partial charge on any atom is -0.436 e. The van der Waals surface area contributed by atoms with Gasteiger partial charge in [-0.25, -0.2) is 4.98 Å². The molecule has 0 radical (unpaired) electrons. The maximum Gasteiger partial charge on any atom is 0.350 e. The largest absolute Gasteiger partial charge is 0.436 e. The average Bonchev–Trinajstić information content (AvgIpc) is 3.77. The van der Waals surface area contributed by atoms with E-state index in [1.165, 1.54) is 6.20 Å². The van der Waals surface area contributed by atoms with Crippen LogP contribution in [0.4, 0.5) is 8.78 Å². The number of carbonyl (C=O) groups excluding carboxylic acids is 1. The number of aryl methyl sites for hydroxylation is 1. The first-order valence-corrected chi connectivity index (χ1v) is 12.8. The molecule has 1 unspecified atom stereocenters. The topological polar surface area (TPSA) is 154 Å². The monoisotopic (exact) mass is 571 g/mol. The van der Waals surface area contributed by atoms with Crippen LogP contribution in [0.15, 0.2) is 77.5 Å². The number of nitrogens with one attached hydrogen (secondary N) is 2. The Balaban J connectivity index is 1.11. The molecule has 0 spiro atoms. The highest BCUT2D eigenvalue weighted by Gasteiger charge is 2.21. The molecule has 6 aromatic rings. The predicted molar refractivity (Wildman–Crippen MR) is 145 cm³/mol. The van der Waals surface area contributed by atoms with Crippen molar-refractivity contribution in [3.8, 4) is 22.7 Å². The Morgan fingerprint density at radius 1 is 1.00 bits per heavy atom. The number of aromatic nitrogens is 9. The molecule has 0 aliphatic heterocycles. The molecule has 0 aliphatic rings. The number of oxazole rings is 1. The van der Waals surface area contributed by atoms with E-state index in [0.717, 1.165) is 11.1 Å². The molecule has 1 amide bonds. The van der Waals surface area contributed by atoms with Crippen LogP contribution in [-0.4, -0.2) is 64.2 Å². The molecule has 42 heavy (non-hydrogen) atoms. The van der Waals surface area contributed by atoms with Crippen LogP contribution < -0.4 is 10.6 Å². The third-order valence-electron chi connectivity index (χ3n) is 6.29. The first kappa shape index (κ1) is 26.8. The van der Waals surface area contributed by atoms with E-state index < -0.39 is 18.5 Å². The zero-order valence-electron chi connectivity index (χ0n) is 22.1. The number of nitrogens with zero attached hydrogens (tertiary/aromatic N) is 9. The van der Waals surface area contributed by atoms with Gasteiger partial charge in [-0.05, 0) is 41.1 Å². The molecule has 0 saturated heterocycles. The summed E-state index contributed by atoms with van der Waals surface area (Å²) in [5.41, 5.74) is 4.31. The highest BCUT2D eigenvalue weighted by molar-refractivity contribution is 5.93. The maximum atomic E-state index is 13.0. The molecule has 15 heteroatoms. The van der Waals surface area contributed by atoms with E-state index >= 15 is 0 Å². The number of benzene rings is 2. The van der Waals surface area contributed by atoms with Gasteiger partial charge in [0.1, 0.15) is 16.9 Å². The fourth-order valence-electron chi connectivity index (χ4n) is 4.30. The third-order valence-corrected chi connectivity index (χ3v) is 6.29. The molecule has 2 N–H and O–H groups in total. The van der Waals surface area contributed by atoms with Gasteiger partial charge in [0.25, 0.3) is 5.91 Å². The minimum atomic E-state index is -2.90. The fourth-order valence-corrected chi connectivity index (χ4v) is 4.30. The lowest BCUT2D eigenvalue weighted by atomic mass is 10.1. The van der Waals surface area contributed by atoms with Gasteiger partial charge in [0.15, 0.2) is 11.4 Å². The second kappa shape index (κ2) is 11.6. The zero-order chi connectivity index (χ0) is 29.1. The SMILES string of the molecule is Cn1cc(-c2ccc3oc(-c4ccnc(C(=O)NCCNC(c5ccccc5)c5nnn(C(F)F)n5)c4)nc3c2)nn1. The van der Waals surface area contributed by atoms with Crippen molar-refractivity contribution in [2.75, 3.05) is 13.1 Å². The zero-order valence-corrected chi connectivity index (χ0v) is 22.1. The third kappa shape index (κ3) is 5.71. The van der Waals surface area contributed by atoms with Gasteiger partial charge in [0.05, 0.1) is 12.2 Å². The summed E-state index contributed by atoms with van der Waals surface area (Å²) in [4.78, 5) is 21.9. The van der Waals surface area contributed by atoms with E-state index in [4.69, 9.17) is 4.42 Å². The number of rotatable bonds is 10. The Bertz CT molecular complexity index is 1830. The molecule has 2 aromatic carbocycles. The van der Waals surface area contributed by atoms with Crippen LogP contribution >= 0.6 is 0 Å². The fraction of sp³-hybridized carbons (Fsp3) is 0.185. The van der Waals surface area contributed by atoms with E-state index in [9.17, 15) is 13.6 Å². The molecule has 0 aliphatic carbocycles. The van der Waals surface area contributed by atoms with Gasteiger partial charge in [-0.15, -0.1) is 15.3 Å². The summed E-state index contributed by atoms with van der Waals surface area (Å²) in [5, 5.41) is 25.0. The van der Waals surface area contributed by atoms with Crippen molar-refractivity contribution in [3.05, 3.63) is 90.1 Å². The lowest BCUT2D eigenvalue weighted by Crippen LogP contribution is -2.34. The molecule has 13 nitrogen and oxygen atoms in total. The van der Waals surface area contributed by atoms with E-state index in [-0.39, 0.29) is 29.4 Å². The van der Waals surface area contributed by atoms with Crippen molar-refractivity contribution in [1.82, 2.24) is 55.8 Å². The van der Waals surface area contributed by atoms with Gasteiger partial charge in [-0.1, -0.05) is 40.3 Å². The molecule has 0 saturated carbocycles. The van der Waals surface area contributed by atoms with E-state index in [2.05, 4.69) is 46.3 Å². The summed E-state index contributed by atoms with van der Waals surface area (Å²) in [5.74, 6) is 0.0246. The normalized spacial score (nSPS) is 12.2. The summed E-state index contributed by atoms with van der Waals surface area (Å²) >= 11 is 0. The number of amides is 1. The Morgan fingerprint density at radius 2 is 1.86 bits per heavy atom. The van der Waals surface area contributed by atoms with Crippen LogP contribution in [0.25, 0.3) is 33.8 Å². The number of halogens is 2. The van der Waals surface area contributed by atoms with Crippen LogP contribution in [0.5, 0.6) is 0 Å². The lowest BCUT2D eigenvalue weighted by Gasteiger charge is -2.16. The van der Waals surface area contributed by atoms with Crippen molar-refractivity contribution in [2.24, 2.45) is 7.05 Å². The molecule has 1 atom stereocenters. The molecule has 4 heterocycles. The van der Waals surface area contributed by atoms with Gasteiger partial charge in [0.2, 0.25) is 5.89 Å². The summed E-state index contributed by atoms with van der Waals surface area (Å²) in [6.07, 6.45) is 3.31. The number of alkyl halides is 2. The van der Waals surface area contributed by atoms with E-state index in [0.29, 0.717) is 28.2 Å². The van der Waals surface area contributed by atoms with Crippen molar-refractivity contribution < 1.29 is 18.0 Å². The van der Waals surface area contributed by atoms with Gasteiger partial charge >= 0.3 is 6.55 Å². The molecule has 212 valence electrons. The van der Waals surface area contributed by atoms with Crippen LogP contribution in [0.2, 0.25) is 0 Å². The first-order valence-electron chi connectivity index (χ1n) is 12.8. The van der Waals surface area contributed by atoms with Crippen LogP contribution in [0.1, 0.15) is 34.5 Å². The highest BCUT2D eigenvalue weighted by atomic mass is 19.3. The second-order valence-electron chi connectivity index (χ2n) is 9.21. The van der Waals surface area contributed by atoms with E-state index in [1.807, 2.05) is 54.7 Å². The minimum absolute atomic E-state index is 0.0874. The molecule has 4 aromatic heterocycles. The van der Waals surface area contributed by atoms with Gasteiger partial charge in [-0.2, -0.15) is 8.78 Å². The highest BCUT2D eigenvalue weighted by Crippen LogP contribution is 2.28. The number of tetrazole rings is 1.